The fraction of sp³-hybridized carbons (Fsp3) is 0.611. The van der Waals surface area contributed by atoms with Crippen LogP contribution >= 0.6 is 0 Å². The van der Waals surface area contributed by atoms with Crippen molar-refractivity contribution in [3.63, 3.8) is 0 Å². The van der Waals surface area contributed by atoms with Crippen molar-refractivity contribution in [3.8, 4) is 0 Å². The van der Waals surface area contributed by atoms with Gasteiger partial charge in [0.05, 0.1) is 5.56 Å². The van der Waals surface area contributed by atoms with Crippen molar-refractivity contribution in [2.45, 2.75) is 59.2 Å². The van der Waals surface area contributed by atoms with Crippen LogP contribution in [0.1, 0.15) is 61.5 Å². The second kappa shape index (κ2) is 5.45. The predicted molar refractivity (Wildman–Crippen MR) is 83.0 cm³/mol. The Bertz CT molecular complexity index is 550. The molecule has 2 atom stereocenters. The molecule has 0 aromatic heterocycles. The Labute approximate surface area is 127 Å². The van der Waals surface area contributed by atoms with Gasteiger partial charge in [-0.25, -0.2) is 4.79 Å². The minimum Gasteiger partial charge on any atom is -0.459 e. The van der Waals surface area contributed by atoms with Crippen molar-refractivity contribution in [3.05, 3.63) is 34.9 Å². The zero-order chi connectivity index (χ0) is 15.0. The van der Waals surface area contributed by atoms with Gasteiger partial charge in [-0.15, -0.1) is 0 Å². The molecule has 114 valence electrons. The van der Waals surface area contributed by atoms with E-state index >= 15 is 0 Å². The minimum absolute atomic E-state index is 0.0580. The summed E-state index contributed by atoms with van der Waals surface area (Å²) in [5.41, 5.74) is 3.47. The van der Waals surface area contributed by atoms with Gasteiger partial charge in [0.25, 0.3) is 0 Å². The van der Waals surface area contributed by atoms with E-state index in [1.807, 2.05) is 18.2 Å². The summed E-state index contributed by atoms with van der Waals surface area (Å²) in [6.07, 6.45) is 3.23. The molecule has 1 aromatic carbocycles. The quantitative estimate of drug-likeness (QED) is 0.844. The molecule has 1 saturated carbocycles. The summed E-state index contributed by atoms with van der Waals surface area (Å²) in [5, 5.41) is 3.30. The standard InChI is InChI=1S/C18H25NO2/c1-12-6-16(9-18(2,3)8-12)21-17(20)13-4-5-14-10-19-11-15(14)7-13/h4-5,7,12,16,19H,6,8-11H2,1-3H3. The molecule has 0 spiro atoms. The van der Waals surface area contributed by atoms with Crippen molar-refractivity contribution in [2.75, 3.05) is 0 Å². The number of carbonyl (C=O) groups is 1. The number of rotatable bonds is 2. The molecule has 2 aliphatic rings. The normalized spacial score (nSPS) is 27.2. The fourth-order valence-electron chi connectivity index (χ4n) is 3.99. The first kappa shape index (κ1) is 14.6. The second-order valence-corrected chi connectivity index (χ2v) is 7.53. The van der Waals surface area contributed by atoms with Crippen LogP contribution in [0.3, 0.4) is 0 Å². The van der Waals surface area contributed by atoms with Crippen molar-refractivity contribution < 1.29 is 9.53 Å². The van der Waals surface area contributed by atoms with E-state index in [0.29, 0.717) is 11.5 Å². The number of esters is 1. The Morgan fingerprint density at radius 2 is 2.00 bits per heavy atom. The summed E-state index contributed by atoms with van der Waals surface area (Å²) in [5.74, 6) is 0.454. The lowest BCUT2D eigenvalue weighted by atomic mass is 9.71. The monoisotopic (exact) mass is 287 g/mol. The summed E-state index contributed by atoms with van der Waals surface area (Å²) >= 11 is 0. The van der Waals surface area contributed by atoms with Crippen LogP contribution in [-0.4, -0.2) is 12.1 Å². The highest BCUT2D eigenvalue weighted by Gasteiger charge is 2.34. The van der Waals surface area contributed by atoms with Gasteiger partial charge < -0.3 is 10.1 Å². The van der Waals surface area contributed by atoms with Gasteiger partial charge in [-0.1, -0.05) is 26.8 Å². The van der Waals surface area contributed by atoms with Crippen molar-refractivity contribution >= 4 is 5.97 Å². The van der Waals surface area contributed by atoms with Crippen LogP contribution in [0.5, 0.6) is 0 Å². The lowest BCUT2D eigenvalue weighted by Gasteiger charge is -2.38. The second-order valence-electron chi connectivity index (χ2n) is 7.53. The van der Waals surface area contributed by atoms with Crippen molar-refractivity contribution in [1.82, 2.24) is 5.32 Å². The van der Waals surface area contributed by atoms with Crippen LogP contribution in [0.2, 0.25) is 0 Å². The molecule has 3 rings (SSSR count). The molecule has 1 aliphatic heterocycles. The van der Waals surface area contributed by atoms with Gasteiger partial charge in [0, 0.05) is 13.1 Å². The first-order valence-electron chi connectivity index (χ1n) is 7.96. The molecule has 0 amide bonds. The minimum atomic E-state index is -0.167. The Morgan fingerprint density at radius 1 is 1.24 bits per heavy atom. The van der Waals surface area contributed by atoms with Crippen LogP contribution in [0, 0.1) is 11.3 Å². The van der Waals surface area contributed by atoms with Crippen LogP contribution in [0.25, 0.3) is 0 Å². The maximum Gasteiger partial charge on any atom is 0.338 e. The number of hydrogen-bond donors (Lipinski definition) is 1. The van der Waals surface area contributed by atoms with Gasteiger partial charge in [-0.05, 0) is 53.9 Å². The van der Waals surface area contributed by atoms with Crippen LogP contribution in [-0.2, 0) is 17.8 Å². The lowest BCUT2D eigenvalue weighted by molar-refractivity contribution is -0.00715. The summed E-state index contributed by atoms with van der Waals surface area (Å²) in [6.45, 7) is 8.54. The summed E-state index contributed by atoms with van der Waals surface area (Å²) in [7, 11) is 0. The number of ether oxygens (including phenoxy) is 1. The zero-order valence-electron chi connectivity index (χ0n) is 13.2. The molecule has 1 aliphatic carbocycles. The van der Waals surface area contributed by atoms with Gasteiger partial charge in [0.2, 0.25) is 0 Å². The van der Waals surface area contributed by atoms with E-state index in [1.165, 1.54) is 17.5 Å². The van der Waals surface area contributed by atoms with Crippen LogP contribution < -0.4 is 5.32 Å². The third-order valence-electron chi connectivity index (χ3n) is 4.69. The molecule has 0 radical (unpaired) electrons. The molecule has 0 bridgehead atoms. The van der Waals surface area contributed by atoms with Crippen molar-refractivity contribution in [1.29, 1.82) is 0 Å². The molecule has 1 N–H and O–H groups in total. The van der Waals surface area contributed by atoms with E-state index in [1.54, 1.807) is 0 Å². The summed E-state index contributed by atoms with van der Waals surface area (Å²) < 4.78 is 5.78. The average molecular weight is 287 g/mol. The third kappa shape index (κ3) is 3.29. The Balaban J connectivity index is 1.69. The molecule has 21 heavy (non-hydrogen) atoms. The van der Waals surface area contributed by atoms with Gasteiger partial charge in [0.1, 0.15) is 6.10 Å². The highest BCUT2D eigenvalue weighted by atomic mass is 16.5. The van der Waals surface area contributed by atoms with Gasteiger partial charge in [-0.3, -0.25) is 0 Å². The van der Waals surface area contributed by atoms with Gasteiger partial charge >= 0.3 is 5.97 Å². The Morgan fingerprint density at radius 3 is 2.76 bits per heavy atom. The van der Waals surface area contributed by atoms with E-state index in [4.69, 9.17) is 4.74 Å². The highest BCUT2D eigenvalue weighted by Crippen LogP contribution is 2.39. The summed E-state index contributed by atoms with van der Waals surface area (Å²) in [6, 6.07) is 5.92. The average Bonchev–Trinajstić information content (AvgIpc) is 2.82. The Hall–Kier alpha value is -1.35. The number of carbonyl (C=O) groups excluding carboxylic acids is 1. The number of benzene rings is 1. The number of nitrogens with one attached hydrogen (secondary N) is 1. The largest absolute Gasteiger partial charge is 0.459 e. The van der Waals surface area contributed by atoms with Crippen LogP contribution in [0.15, 0.2) is 18.2 Å². The summed E-state index contributed by atoms with van der Waals surface area (Å²) in [4.78, 5) is 12.4. The maximum absolute atomic E-state index is 12.4. The first-order chi connectivity index (χ1) is 9.93. The SMILES string of the molecule is CC1CC(OC(=O)c2ccc3c(c2)CNC3)CC(C)(C)C1. The van der Waals surface area contributed by atoms with Gasteiger partial charge in [0.15, 0.2) is 0 Å². The lowest BCUT2D eigenvalue weighted by Crippen LogP contribution is -2.34. The van der Waals surface area contributed by atoms with Gasteiger partial charge in [-0.2, -0.15) is 0 Å². The van der Waals surface area contributed by atoms with E-state index in [9.17, 15) is 4.79 Å². The van der Waals surface area contributed by atoms with E-state index in [0.717, 1.165) is 25.9 Å². The zero-order valence-corrected chi connectivity index (χ0v) is 13.2. The van der Waals surface area contributed by atoms with E-state index in [-0.39, 0.29) is 17.5 Å². The topological polar surface area (TPSA) is 38.3 Å². The molecule has 1 aromatic rings. The highest BCUT2D eigenvalue weighted by molar-refractivity contribution is 5.89. The molecular formula is C18H25NO2. The molecular weight excluding hydrogens is 262 g/mol. The maximum atomic E-state index is 12.4. The molecule has 3 nitrogen and oxygen atoms in total. The van der Waals surface area contributed by atoms with E-state index in [2.05, 4.69) is 26.1 Å². The Kier molecular flexibility index (Phi) is 3.78. The third-order valence-corrected chi connectivity index (χ3v) is 4.69. The predicted octanol–water partition coefficient (Wildman–Crippen LogP) is 3.66. The molecule has 2 unspecified atom stereocenters. The molecule has 0 saturated heterocycles. The molecule has 3 heteroatoms. The molecule has 1 fully saturated rings. The smallest absolute Gasteiger partial charge is 0.338 e. The fourth-order valence-corrected chi connectivity index (χ4v) is 3.99. The van der Waals surface area contributed by atoms with E-state index < -0.39 is 0 Å². The molecule has 1 heterocycles. The number of hydrogen-bond acceptors (Lipinski definition) is 3. The van der Waals surface area contributed by atoms with Crippen LogP contribution in [0.4, 0.5) is 0 Å². The first-order valence-corrected chi connectivity index (χ1v) is 7.96. The van der Waals surface area contributed by atoms with Crippen molar-refractivity contribution in [2.24, 2.45) is 11.3 Å². The number of fused-ring (bicyclic) bond motifs is 1.